The summed E-state index contributed by atoms with van der Waals surface area (Å²) < 4.78 is 5.46. The summed E-state index contributed by atoms with van der Waals surface area (Å²) in [5, 5.41) is 8.77. The molecule has 4 nitrogen and oxygen atoms in total. The summed E-state index contributed by atoms with van der Waals surface area (Å²) in [6.45, 7) is 2.72. The van der Waals surface area contributed by atoms with Gasteiger partial charge in [-0.05, 0) is 32.1 Å². The average molecular weight is 215 g/mol. The molecule has 1 aliphatic rings. The molecule has 1 aliphatic carbocycles. The molecule has 0 aromatic carbocycles. The van der Waals surface area contributed by atoms with Gasteiger partial charge < -0.3 is 15.6 Å². The Morgan fingerprint density at radius 3 is 2.67 bits per heavy atom. The maximum atomic E-state index is 10.7. The van der Waals surface area contributed by atoms with Gasteiger partial charge in [0.2, 0.25) is 0 Å². The van der Waals surface area contributed by atoms with Crippen molar-refractivity contribution in [2.24, 2.45) is 11.7 Å². The highest BCUT2D eigenvalue weighted by Gasteiger charge is 2.27. The number of carbonyl (C=O) groups is 1. The number of aliphatic carboxylic acids is 1. The van der Waals surface area contributed by atoms with Crippen molar-refractivity contribution in [3.63, 3.8) is 0 Å². The number of rotatable bonds is 6. The highest BCUT2D eigenvalue weighted by Crippen LogP contribution is 2.24. The van der Waals surface area contributed by atoms with Crippen molar-refractivity contribution in [2.75, 3.05) is 13.2 Å². The third kappa shape index (κ3) is 4.18. The van der Waals surface area contributed by atoms with Gasteiger partial charge in [0.05, 0.1) is 0 Å². The van der Waals surface area contributed by atoms with Crippen LogP contribution in [0.2, 0.25) is 0 Å². The van der Waals surface area contributed by atoms with Crippen molar-refractivity contribution in [1.82, 2.24) is 0 Å². The molecule has 0 aromatic heterocycles. The Hall–Kier alpha value is -0.610. The second kappa shape index (κ2) is 5.47. The van der Waals surface area contributed by atoms with Crippen molar-refractivity contribution in [3.05, 3.63) is 0 Å². The number of carboxylic acids is 1. The van der Waals surface area contributed by atoms with Gasteiger partial charge in [-0.3, -0.25) is 4.79 Å². The van der Waals surface area contributed by atoms with E-state index in [0.717, 1.165) is 6.61 Å². The highest BCUT2D eigenvalue weighted by atomic mass is 16.5. The van der Waals surface area contributed by atoms with Crippen LogP contribution in [-0.2, 0) is 9.53 Å². The zero-order valence-corrected chi connectivity index (χ0v) is 9.37. The second-order valence-corrected chi connectivity index (χ2v) is 4.70. The van der Waals surface area contributed by atoms with Crippen molar-refractivity contribution < 1.29 is 14.6 Å². The summed E-state index contributed by atoms with van der Waals surface area (Å²) in [5.41, 5.74) is 4.42. The van der Waals surface area contributed by atoms with E-state index in [9.17, 15) is 4.79 Å². The molecule has 1 atom stereocenters. The molecular formula is C11H21NO3. The van der Waals surface area contributed by atoms with Gasteiger partial charge in [0.15, 0.2) is 0 Å². The number of carboxylic acid groups (broad SMARTS) is 1. The third-order valence-electron chi connectivity index (χ3n) is 3.08. The zero-order valence-electron chi connectivity index (χ0n) is 9.37. The molecule has 0 bridgehead atoms. The summed E-state index contributed by atoms with van der Waals surface area (Å²) in [6.07, 6.45) is 5.47. The first-order valence-electron chi connectivity index (χ1n) is 5.62. The monoisotopic (exact) mass is 215 g/mol. The zero-order chi connectivity index (χ0) is 11.3. The van der Waals surface area contributed by atoms with Crippen LogP contribution in [0, 0.1) is 5.92 Å². The Balaban J connectivity index is 2.08. The minimum Gasteiger partial charge on any atom is -0.480 e. The fraction of sp³-hybridized carbons (Fsp3) is 0.909. The van der Waals surface area contributed by atoms with Gasteiger partial charge >= 0.3 is 5.97 Å². The van der Waals surface area contributed by atoms with Crippen LogP contribution < -0.4 is 5.73 Å². The van der Waals surface area contributed by atoms with E-state index in [1.54, 1.807) is 0 Å². The predicted octanol–water partition coefficient (Wildman–Crippen LogP) is 1.39. The summed E-state index contributed by atoms with van der Waals surface area (Å²) >= 11 is 0. The quantitative estimate of drug-likeness (QED) is 0.657. The van der Waals surface area contributed by atoms with Gasteiger partial charge in [0, 0.05) is 13.2 Å². The summed E-state index contributed by atoms with van der Waals surface area (Å²) in [7, 11) is 0. The average Bonchev–Trinajstić information content (AvgIpc) is 2.64. The lowest BCUT2D eigenvalue weighted by molar-refractivity contribution is -0.143. The van der Waals surface area contributed by atoms with Crippen molar-refractivity contribution in [1.29, 1.82) is 0 Å². The van der Waals surface area contributed by atoms with Crippen LogP contribution in [0.25, 0.3) is 0 Å². The van der Waals surface area contributed by atoms with Crippen LogP contribution in [-0.4, -0.2) is 29.8 Å². The van der Waals surface area contributed by atoms with Crippen LogP contribution in [0.3, 0.4) is 0 Å². The first-order chi connectivity index (χ1) is 7.02. The molecule has 0 aromatic rings. The molecule has 3 N–H and O–H groups in total. The Morgan fingerprint density at radius 1 is 1.53 bits per heavy atom. The van der Waals surface area contributed by atoms with Crippen LogP contribution >= 0.6 is 0 Å². The first-order valence-corrected chi connectivity index (χ1v) is 5.62. The van der Waals surface area contributed by atoms with E-state index in [1.807, 2.05) is 0 Å². The van der Waals surface area contributed by atoms with Crippen LogP contribution in [0.1, 0.15) is 39.0 Å². The Bertz CT molecular complexity index is 210. The number of hydrogen-bond acceptors (Lipinski definition) is 3. The fourth-order valence-corrected chi connectivity index (χ4v) is 1.82. The topological polar surface area (TPSA) is 72.5 Å². The lowest BCUT2D eigenvalue weighted by atomic mass is 10.0. The maximum absolute atomic E-state index is 10.7. The molecular weight excluding hydrogens is 194 g/mol. The van der Waals surface area contributed by atoms with Crippen LogP contribution in [0.4, 0.5) is 0 Å². The fourth-order valence-electron chi connectivity index (χ4n) is 1.82. The first kappa shape index (κ1) is 12.5. The largest absolute Gasteiger partial charge is 0.480 e. The normalized spacial score (nSPS) is 21.5. The SMILES string of the molecule is CC(N)(CCOCC1CCCC1)C(=O)O. The van der Waals surface area contributed by atoms with Gasteiger partial charge in [-0.25, -0.2) is 0 Å². The minimum atomic E-state index is -1.16. The van der Waals surface area contributed by atoms with Gasteiger partial charge in [0.1, 0.15) is 5.54 Å². The summed E-state index contributed by atoms with van der Waals surface area (Å²) in [4.78, 5) is 10.7. The number of hydrogen-bond donors (Lipinski definition) is 2. The van der Waals surface area contributed by atoms with Crippen molar-refractivity contribution in [3.8, 4) is 0 Å². The second-order valence-electron chi connectivity index (χ2n) is 4.70. The molecule has 15 heavy (non-hydrogen) atoms. The van der Waals surface area contributed by atoms with E-state index in [4.69, 9.17) is 15.6 Å². The van der Waals surface area contributed by atoms with Gasteiger partial charge in [-0.2, -0.15) is 0 Å². The van der Waals surface area contributed by atoms with E-state index in [1.165, 1.54) is 32.6 Å². The van der Waals surface area contributed by atoms with E-state index in [2.05, 4.69) is 0 Å². The van der Waals surface area contributed by atoms with Crippen molar-refractivity contribution >= 4 is 5.97 Å². The predicted molar refractivity (Wildman–Crippen MR) is 57.6 cm³/mol. The van der Waals surface area contributed by atoms with Gasteiger partial charge in [-0.1, -0.05) is 12.8 Å². The molecule has 1 unspecified atom stereocenters. The molecule has 0 saturated heterocycles. The van der Waals surface area contributed by atoms with Crippen LogP contribution in [0.5, 0.6) is 0 Å². The van der Waals surface area contributed by atoms with E-state index in [0.29, 0.717) is 18.9 Å². The molecule has 0 aliphatic heterocycles. The molecule has 1 rings (SSSR count). The molecule has 0 heterocycles. The molecule has 0 radical (unpaired) electrons. The number of ether oxygens (including phenoxy) is 1. The Kier molecular flexibility index (Phi) is 4.54. The minimum absolute atomic E-state index is 0.370. The molecule has 1 saturated carbocycles. The summed E-state index contributed by atoms with van der Waals surface area (Å²) in [6, 6.07) is 0. The lowest BCUT2D eigenvalue weighted by Gasteiger charge is -2.19. The smallest absolute Gasteiger partial charge is 0.323 e. The third-order valence-corrected chi connectivity index (χ3v) is 3.08. The van der Waals surface area contributed by atoms with Crippen LogP contribution in [0.15, 0.2) is 0 Å². The van der Waals surface area contributed by atoms with Crippen molar-refractivity contribution in [2.45, 2.75) is 44.6 Å². The molecule has 0 amide bonds. The Morgan fingerprint density at radius 2 is 2.13 bits per heavy atom. The Labute approximate surface area is 90.8 Å². The standard InChI is InChI=1S/C11H21NO3/c1-11(12,10(13)14)6-7-15-8-9-4-2-3-5-9/h9H,2-8,12H2,1H3,(H,13,14). The van der Waals surface area contributed by atoms with Gasteiger partial charge in [-0.15, -0.1) is 0 Å². The molecule has 4 heteroatoms. The lowest BCUT2D eigenvalue weighted by Crippen LogP contribution is -2.45. The van der Waals surface area contributed by atoms with E-state index < -0.39 is 11.5 Å². The van der Waals surface area contributed by atoms with E-state index >= 15 is 0 Å². The highest BCUT2D eigenvalue weighted by molar-refractivity contribution is 5.77. The summed E-state index contributed by atoms with van der Waals surface area (Å²) in [5.74, 6) is -0.286. The number of nitrogens with two attached hydrogens (primary N) is 1. The molecule has 0 spiro atoms. The molecule has 1 fully saturated rings. The van der Waals surface area contributed by atoms with Gasteiger partial charge in [0.25, 0.3) is 0 Å². The molecule has 88 valence electrons. The van der Waals surface area contributed by atoms with E-state index in [-0.39, 0.29) is 0 Å². The maximum Gasteiger partial charge on any atom is 0.323 e.